The SMILES string of the molecule is Cc1ncn(-c2cc(Oc3ccc(NS(=O)(=O)Cc4ccc(Cl)cc4)cc3)ncn2)c1C. The molecule has 164 valence electrons. The van der Waals surface area contributed by atoms with Crippen LogP contribution >= 0.6 is 11.6 Å². The molecule has 1 N–H and O–H groups in total. The number of imidazole rings is 1. The molecular weight excluding hydrogens is 450 g/mol. The molecule has 0 amide bonds. The summed E-state index contributed by atoms with van der Waals surface area (Å²) in [6, 6.07) is 15.0. The third-order valence-corrected chi connectivity index (χ3v) is 6.26. The van der Waals surface area contributed by atoms with E-state index in [1.54, 1.807) is 60.9 Å². The Bertz CT molecular complexity index is 1340. The molecular formula is C22H20ClN5O3S. The van der Waals surface area contributed by atoms with E-state index in [1.165, 1.54) is 6.33 Å². The van der Waals surface area contributed by atoms with Crippen LogP contribution in [0.5, 0.6) is 11.6 Å². The fourth-order valence-corrected chi connectivity index (χ4v) is 4.30. The number of anilines is 1. The van der Waals surface area contributed by atoms with Crippen LogP contribution < -0.4 is 9.46 Å². The van der Waals surface area contributed by atoms with E-state index in [0.29, 0.717) is 33.7 Å². The fraction of sp³-hybridized carbons (Fsp3) is 0.136. The predicted octanol–water partition coefficient (Wildman–Crippen LogP) is 4.67. The number of rotatable bonds is 7. The van der Waals surface area contributed by atoms with Gasteiger partial charge in [-0.25, -0.2) is 23.4 Å². The standard InChI is InChI=1S/C22H20ClN5O3S/c1-15-16(2)28(14-26-15)21-11-22(25-13-24-21)31-20-9-7-19(8-10-20)27-32(29,30)12-17-3-5-18(23)6-4-17/h3-11,13-14,27H,12H2,1-2H3. The molecule has 0 aliphatic carbocycles. The monoisotopic (exact) mass is 469 g/mol. The van der Waals surface area contributed by atoms with Gasteiger partial charge in [-0.05, 0) is 55.8 Å². The number of ether oxygens (including phenoxy) is 1. The molecule has 0 spiro atoms. The van der Waals surface area contributed by atoms with E-state index in [4.69, 9.17) is 16.3 Å². The molecule has 0 saturated heterocycles. The normalized spacial score (nSPS) is 11.3. The number of aromatic nitrogens is 4. The second kappa shape index (κ2) is 8.97. The lowest BCUT2D eigenvalue weighted by molar-refractivity contribution is 0.461. The van der Waals surface area contributed by atoms with Crippen molar-refractivity contribution in [2.24, 2.45) is 0 Å². The number of hydrogen-bond donors (Lipinski definition) is 1. The lowest BCUT2D eigenvalue weighted by atomic mass is 10.2. The van der Waals surface area contributed by atoms with Gasteiger partial charge in [-0.3, -0.25) is 9.29 Å². The highest BCUT2D eigenvalue weighted by molar-refractivity contribution is 7.91. The topological polar surface area (TPSA) is 99.0 Å². The van der Waals surface area contributed by atoms with Crippen molar-refractivity contribution in [3.63, 3.8) is 0 Å². The first-order chi connectivity index (χ1) is 15.3. The van der Waals surface area contributed by atoms with Gasteiger partial charge >= 0.3 is 0 Å². The van der Waals surface area contributed by atoms with E-state index in [-0.39, 0.29) is 5.75 Å². The number of aryl methyl sites for hydroxylation is 1. The molecule has 0 bridgehead atoms. The molecule has 0 aliphatic heterocycles. The molecule has 0 unspecified atom stereocenters. The summed E-state index contributed by atoms with van der Waals surface area (Å²) >= 11 is 5.84. The highest BCUT2D eigenvalue weighted by atomic mass is 35.5. The zero-order valence-electron chi connectivity index (χ0n) is 17.4. The number of halogens is 1. The summed E-state index contributed by atoms with van der Waals surface area (Å²) in [6.45, 7) is 3.88. The largest absolute Gasteiger partial charge is 0.439 e. The van der Waals surface area contributed by atoms with Crippen LogP contribution in [0.4, 0.5) is 5.69 Å². The first-order valence-corrected chi connectivity index (χ1v) is 11.7. The number of hydrogen-bond acceptors (Lipinski definition) is 6. The first kappa shape index (κ1) is 21.8. The average Bonchev–Trinajstić information content (AvgIpc) is 3.09. The third kappa shape index (κ3) is 5.24. The molecule has 4 rings (SSSR count). The maximum absolute atomic E-state index is 12.4. The lowest BCUT2D eigenvalue weighted by Crippen LogP contribution is -2.14. The van der Waals surface area contributed by atoms with E-state index in [9.17, 15) is 8.42 Å². The highest BCUT2D eigenvalue weighted by Crippen LogP contribution is 2.24. The maximum Gasteiger partial charge on any atom is 0.236 e. The minimum Gasteiger partial charge on any atom is -0.439 e. The van der Waals surface area contributed by atoms with Crippen LogP contribution in [0.1, 0.15) is 17.0 Å². The molecule has 4 aromatic rings. The van der Waals surface area contributed by atoms with Crippen molar-refractivity contribution in [1.29, 1.82) is 0 Å². The molecule has 32 heavy (non-hydrogen) atoms. The number of nitrogens with one attached hydrogen (secondary N) is 1. The van der Waals surface area contributed by atoms with Crippen molar-refractivity contribution in [2.45, 2.75) is 19.6 Å². The Morgan fingerprint density at radius 3 is 2.38 bits per heavy atom. The summed E-state index contributed by atoms with van der Waals surface area (Å²) in [5.74, 6) is 1.35. The minimum atomic E-state index is -3.57. The number of nitrogens with zero attached hydrogens (tertiary/aromatic N) is 4. The molecule has 2 heterocycles. The Hall–Kier alpha value is -3.43. The van der Waals surface area contributed by atoms with E-state index in [1.807, 2.05) is 18.4 Å². The van der Waals surface area contributed by atoms with Crippen LogP contribution in [0.3, 0.4) is 0 Å². The highest BCUT2D eigenvalue weighted by Gasteiger charge is 2.12. The molecule has 0 radical (unpaired) electrons. The van der Waals surface area contributed by atoms with Crippen LogP contribution in [0.25, 0.3) is 5.82 Å². The molecule has 2 aromatic carbocycles. The van der Waals surface area contributed by atoms with Gasteiger partial charge in [0.25, 0.3) is 0 Å². The van der Waals surface area contributed by atoms with Gasteiger partial charge in [0.15, 0.2) is 0 Å². The summed E-state index contributed by atoms with van der Waals surface area (Å²) < 4.78 is 35.1. The number of sulfonamides is 1. The van der Waals surface area contributed by atoms with Crippen LogP contribution in [0.15, 0.2) is 67.3 Å². The quantitative estimate of drug-likeness (QED) is 0.422. The van der Waals surface area contributed by atoms with Gasteiger partial charge < -0.3 is 4.74 Å². The van der Waals surface area contributed by atoms with Gasteiger partial charge in [0.1, 0.15) is 24.2 Å². The molecule has 0 saturated carbocycles. The van der Waals surface area contributed by atoms with Crippen molar-refractivity contribution < 1.29 is 13.2 Å². The van der Waals surface area contributed by atoms with E-state index >= 15 is 0 Å². The van der Waals surface area contributed by atoms with Crippen molar-refractivity contribution in [1.82, 2.24) is 19.5 Å². The molecule has 0 atom stereocenters. The third-order valence-electron chi connectivity index (χ3n) is 4.75. The summed E-state index contributed by atoms with van der Waals surface area (Å²) in [4.78, 5) is 12.7. The van der Waals surface area contributed by atoms with Crippen LogP contribution in [0, 0.1) is 13.8 Å². The summed E-state index contributed by atoms with van der Waals surface area (Å²) in [5, 5.41) is 0.556. The molecule has 0 fully saturated rings. The van der Waals surface area contributed by atoms with E-state index < -0.39 is 10.0 Å². The van der Waals surface area contributed by atoms with Gasteiger partial charge in [0, 0.05) is 22.5 Å². The lowest BCUT2D eigenvalue weighted by Gasteiger charge is -2.10. The average molecular weight is 470 g/mol. The second-order valence-corrected chi connectivity index (χ2v) is 9.27. The Labute approximate surface area is 191 Å². The summed E-state index contributed by atoms with van der Waals surface area (Å²) in [7, 11) is -3.57. The molecule has 0 aliphatic rings. The number of benzene rings is 2. The Balaban J connectivity index is 1.43. The van der Waals surface area contributed by atoms with Crippen molar-refractivity contribution in [2.75, 3.05) is 4.72 Å². The Morgan fingerprint density at radius 1 is 1.00 bits per heavy atom. The predicted molar refractivity (Wildman–Crippen MR) is 123 cm³/mol. The van der Waals surface area contributed by atoms with Crippen molar-refractivity contribution in [3.8, 4) is 17.4 Å². The minimum absolute atomic E-state index is 0.153. The maximum atomic E-state index is 12.4. The van der Waals surface area contributed by atoms with Crippen molar-refractivity contribution in [3.05, 3.63) is 89.2 Å². The molecule has 10 heteroatoms. The smallest absolute Gasteiger partial charge is 0.236 e. The van der Waals surface area contributed by atoms with E-state index in [0.717, 1.165) is 11.4 Å². The van der Waals surface area contributed by atoms with Gasteiger partial charge in [-0.15, -0.1) is 0 Å². The van der Waals surface area contributed by atoms with Crippen LogP contribution in [0.2, 0.25) is 5.02 Å². The summed E-state index contributed by atoms with van der Waals surface area (Å²) in [6.07, 6.45) is 3.11. The Morgan fingerprint density at radius 2 is 1.72 bits per heavy atom. The van der Waals surface area contributed by atoms with Crippen LogP contribution in [-0.2, 0) is 15.8 Å². The van der Waals surface area contributed by atoms with Gasteiger partial charge in [-0.1, -0.05) is 23.7 Å². The zero-order valence-corrected chi connectivity index (χ0v) is 18.9. The van der Waals surface area contributed by atoms with Gasteiger partial charge in [0.05, 0.1) is 11.4 Å². The molecule has 2 aromatic heterocycles. The fourth-order valence-electron chi connectivity index (χ4n) is 2.97. The Kier molecular flexibility index (Phi) is 6.11. The first-order valence-electron chi connectivity index (χ1n) is 9.65. The van der Waals surface area contributed by atoms with Gasteiger partial charge in [-0.2, -0.15) is 0 Å². The van der Waals surface area contributed by atoms with Crippen LogP contribution in [-0.4, -0.2) is 27.9 Å². The molecule has 8 nitrogen and oxygen atoms in total. The second-order valence-electron chi connectivity index (χ2n) is 7.11. The summed E-state index contributed by atoms with van der Waals surface area (Å²) in [5.41, 5.74) is 2.97. The van der Waals surface area contributed by atoms with Gasteiger partial charge in [0.2, 0.25) is 15.9 Å². The van der Waals surface area contributed by atoms with Crippen molar-refractivity contribution >= 4 is 27.3 Å². The zero-order chi connectivity index (χ0) is 22.7. The van der Waals surface area contributed by atoms with E-state index in [2.05, 4.69) is 19.7 Å².